The first-order valence-electron chi connectivity index (χ1n) is 9.64. The van der Waals surface area contributed by atoms with Gasteiger partial charge in [0, 0.05) is 44.8 Å². The van der Waals surface area contributed by atoms with Crippen LogP contribution in [0.2, 0.25) is 0 Å². The molecule has 1 saturated heterocycles. The molecule has 1 unspecified atom stereocenters. The summed E-state index contributed by atoms with van der Waals surface area (Å²) in [5.41, 5.74) is 3.09. The van der Waals surface area contributed by atoms with Crippen LogP contribution in [-0.2, 0) is 11.3 Å². The standard InChI is InChI=1S/C23H25N3O2/c1-16-21-13-20(5-3-18(21)4-6-22(16)27)26-12-9-19(15-26)23(28)25(2)14-17-7-10-24-11-8-17/h3-8,10-11,13,19,27H,9,12,14-15H2,1-2H3. The van der Waals surface area contributed by atoms with Crippen molar-refractivity contribution < 1.29 is 9.90 Å². The van der Waals surface area contributed by atoms with Crippen LogP contribution in [-0.4, -0.2) is 41.0 Å². The molecule has 2 aromatic carbocycles. The Bertz CT molecular complexity index is 1000. The van der Waals surface area contributed by atoms with Gasteiger partial charge in [-0.2, -0.15) is 0 Å². The molecule has 2 heterocycles. The number of carbonyl (C=O) groups excluding carboxylic acids is 1. The largest absolute Gasteiger partial charge is 0.508 e. The first-order chi connectivity index (χ1) is 13.5. The average Bonchev–Trinajstić information content (AvgIpc) is 3.21. The predicted molar refractivity (Wildman–Crippen MR) is 111 cm³/mol. The highest BCUT2D eigenvalue weighted by Gasteiger charge is 2.30. The molecule has 1 N–H and O–H groups in total. The van der Waals surface area contributed by atoms with Gasteiger partial charge in [0.25, 0.3) is 0 Å². The minimum absolute atomic E-state index is 0.00723. The van der Waals surface area contributed by atoms with Crippen LogP contribution in [0.15, 0.2) is 54.9 Å². The molecule has 0 saturated carbocycles. The van der Waals surface area contributed by atoms with E-state index in [4.69, 9.17) is 0 Å². The first kappa shape index (κ1) is 18.3. The van der Waals surface area contributed by atoms with Crippen LogP contribution >= 0.6 is 0 Å². The number of phenols is 1. The predicted octanol–water partition coefficient (Wildman–Crippen LogP) is 3.73. The molecule has 1 aliphatic rings. The maximum atomic E-state index is 12.9. The number of hydrogen-bond acceptors (Lipinski definition) is 4. The number of fused-ring (bicyclic) bond motifs is 1. The molecule has 5 nitrogen and oxygen atoms in total. The molecule has 1 fully saturated rings. The summed E-state index contributed by atoms with van der Waals surface area (Å²) in [5, 5.41) is 12.2. The molecule has 0 spiro atoms. The molecule has 0 bridgehead atoms. The van der Waals surface area contributed by atoms with E-state index >= 15 is 0 Å². The Morgan fingerprint density at radius 2 is 1.96 bits per heavy atom. The molecule has 0 aliphatic carbocycles. The summed E-state index contributed by atoms with van der Waals surface area (Å²) in [5.74, 6) is 0.513. The lowest BCUT2D eigenvalue weighted by atomic mass is 10.0. The number of amides is 1. The Labute approximate surface area is 165 Å². The number of aromatic nitrogens is 1. The Kier molecular flexibility index (Phi) is 4.90. The highest BCUT2D eigenvalue weighted by molar-refractivity contribution is 5.90. The quantitative estimate of drug-likeness (QED) is 0.755. The summed E-state index contributed by atoms with van der Waals surface area (Å²) >= 11 is 0. The normalized spacial score (nSPS) is 16.5. The second kappa shape index (κ2) is 7.50. The lowest BCUT2D eigenvalue weighted by molar-refractivity contribution is -0.134. The van der Waals surface area contributed by atoms with Crippen LogP contribution in [0.5, 0.6) is 5.75 Å². The SMILES string of the molecule is Cc1c(O)ccc2ccc(N3CCC(C(=O)N(C)Cc4ccncc4)C3)cc12. The van der Waals surface area contributed by atoms with Crippen LogP contribution in [0.4, 0.5) is 5.69 Å². The van der Waals surface area contributed by atoms with Gasteiger partial charge in [-0.3, -0.25) is 9.78 Å². The summed E-state index contributed by atoms with van der Waals surface area (Å²) in [6, 6.07) is 13.9. The number of hydrogen-bond donors (Lipinski definition) is 1. The number of pyridine rings is 1. The lowest BCUT2D eigenvalue weighted by Crippen LogP contribution is -2.34. The van der Waals surface area contributed by atoms with Gasteiger partial charge < -0.3 is 14.9 Å². The zero-order chi connectivity index (χ0) is 19.7. The average molecular weight is 375 g/mol. The fourth-order valence-corrected chi connectivity index (χ4v) is 3.99. The van der Waals surface area contributed by atoms with Crippen LogP contribution in [0, 0.1) is 12.8 Å². The molecule has 144 valence electrons. The molecule has 0 radical (unpaired) electrons. The van der Waals surface area contributed by atoms with E-state index in [2.05, 4.69) is 28.1 Å². The maximum absolute atomic E-state index is 12.9. The van der Waals surface area contributed by atoms with Crippen molar-refractivity contribution >= 4 is 22.4 Å². The van der Waals surface area contributed by atoms with Gasteiger partial charge in [-0.15, -0.1) is 0 Å². The zero-order valence-electron chi connectivity index (χ0n) is 16.3. The fourth-order valence-electron chi connectivity index (χ4n) is 3.99. The Hall–Kier alpha value is -3.08. The summed E-state index contributed by atoms with van der Waals surface area (Å²) < 4.78 is 0. The second-order valence-corrected chi connectivity index (χ2v) is 7.60. The number of aromatic hydroxyl groups is 1. The van der Waals surface area contributed by atoms with Crippen LogP contribution in [0.3, 0.4) is 0 Å². The van der Waals surface area contributed by atoms with E-state index in [1.165, 1.54) is 0 Å². The smallest absolute Gasteiger partial charge is 0.227 e. The number of carbonyl (C=O) groups is 1. The van der Waals surface area contributed by atoms with E-state index in [1.54, 1.807) is 18.5 Å². The number of anilines is 1. The van der Waals surface area contributed by atoms with Crippen molar-refractivity contribution in [3.63, 3.8) is 0 Å². The van der Waals surface area contributed by atoms with Gasteiger partial charge >= 0.3 is 0 Å². The Morgan fingerprint density at radius 1 is 1.21 bits per heavy atom. The van der Waals surface area contributed by atoms with Crippen molar-refractivity contribution in [3.8, 4) is 5.75 Å². The van der Waals surface area contributed by atoms with E-state index in [0.717, 1.165) is 47.1 Å². The third-order valence-corrected chi connectivity index (χ3v) is 5.69. The minimum atomic E-state index is 0.00723. The van der Waals surface area contributed by atoms with Gasteiger partial charge in [0.1, 0.15) is 5.75 Å². The van der Waals surface area contributed by atoms with E-state index in [0.29, 0.717) is 12.3 Å². The molecular formula is C23H25N3O2. The number of aryl methyl sites for hydroxylation is 1. The Morgan fingerprint density at radius 3 is 2.75 bits per heavy atom. The van der Waals surface area contributed by atoms with Crippen molar-refractivity contribution in [2.75, 3.05) is 25.0 Å². The third kappa shape index (κ3) is 3.52. The number of phenolic OH excluding ortho intramolecular Hbond substituents is 1. The van der Waals surface area contributed by atoms with Crippen LogP contribution in [0.25, 0.3) is 10.8 Å². The molecule has 3 aromatic rings. The molecule has 5 heteroatoms. The molecule has 1 atom stereocenters. The Balaban J connectivity index is 1.47. The van der Waals surface area contributed by atoms with Crippen LogP contribution < -0.4 is 4.90 Å². The highest BCUT2D eigenvalue weighted by atomic mass is 16.3. The lowest BCUT2D eigenvalue weighted by Gasteiger charge is -2.23. The van der Waals surface area contributed by atoms with Crippen molar-refractivity contribution in [1.82, 2.24) is 9.88 Å². The molecule has 28 heavy (non-hydrogen) atoms. The van der Waals surface area contributed by atoms with Gasteiger partial charge in [-0.25, -0.2) is 0 Å². The zero-order valence-corrected chi connectivity index (χ0v) is 16.3. The van der Waals surface area contributed by atoms with Gasteiger partial charge in [0.2, 0.25) is 5.91 Å². The molecule has 1 aliphatic heterocycles. The van der Waals surface area contributed by atoms with E-state index in [9.17, 15) is 9.90 Å². The number of rotatable bonds is 4. The van der Waals surface area contributed by atoms with Crippen molar-refractivity contribution in [2.24, 2.45) is 5.92 Å². The first-order valence-corrected chi connectivity index (χ1v) is 9.64. The van der Waals surface area contributed by atoms with Crippen molar-refractivity contribution in [1.29, 1.82) is 0 Å². The van der Waals surface area contributed by atoms with Gasteiger partial charge in [0.15, 0.2) is 0 Å². The molecule has 1 amide bonds. The maximum Gasteiger partial charge on any atom is 0.227 e. The molecule has 4 rings (SSSR count). The molecular weight excluding hydrogens is 350 g/mol. The summed E-state index contributed by atoms with van der Waals surface area (Å²) in [6.45, 7) is 4.13. The van der Waals surface area contributed by atoms with Crippen LogP contribution in [0.1, 0.15) is 17.5 Å². The summed E-state index contributed by atoms with van der Waals surface area (Å²) in [4.78, 5) is 21.0. The van der Waals surface area contributed by atoms with E-state index in [1.807, 2.05) is 37.1 Å². The van der Waals surface area contributed by atoms with Gasteiger partial charge in [-0.1, -0.05) is 12.1 Å². The number of benzene rings is 2. The van der Waals surface area contributed by atoms with Crippen molar-refractivity contribution in [2.45, 2.75) is 19.9 Å². The van der Waals surface area contributed by atoms with Crippen molar-refractivity contribution in [3.05, 3.63) is 66.0 Å². The fraction of sp³-hybridized carbons (Fsp3) is 0.304. The van der Waals surface area contributed by atoms with Gasteiger partial charge in [0.05, 0.1) is 5.92 Å². The molecule has 1 aromatic heterocycles. The highest BCUT2D eigenvalue weighted by Crippen LogP contribution is 2.32. The van der Waals surface area contributed by atoms with E-state index in [-0.39, 0.29) is 11.8 Å². The minimum Gasteiger partial charge on any atom is -0.508 e. The summed E-state index contributed by atoms with van der Waals surface area (Å²) in [7, 11) is 1.87. The summed E-state index contributed by atoms with van der Waals surface area (Å²) in [6.07, 6.45) is 4.37. The topological polar surface area (TPSA) is 56.7 Å². The van der Waals surface area contributed by atoms with Gasteiger partial charge in [-0.05, 0) is 65.6 Å². The van der Waals surface area contributed by atoms with E-state index < -0.39 is 0 Å². The monoisotopic (exact) mass is 375 g/mol. The number of nitrogens with zero attached hydrogens (tertiary/aromatic N) is 3. The second-order valence-electron chi connectivity index (χ2n) is 7.60. The third-order valence-electron chi connectivity index (χ3n) is 5.69.